The van der Waals surface area contributed by atoms with Crippen molar-refractivity contribution in [2.45, 2.75) is 9.79 Å². The molecule has 0 aromatic heterocycles. The Morgan fingerprint density at radius 1 is 0.682 bits per heavy atom. The molecule has 0 saturated heterocycles. The van der Waals surface area contributed by atoms with Crippen LogP contribution in [0.3, 0.4) is 0 Å². The van der Waals surface area contributed by atoms with Crippen LogP contribution >= 0.6 is 31.9 Å². The lowest BCUT2D eigenvalue weighted by atomic mass is 10.1. The first-order chi connectivity index (χ1) is 10.00. The summed E-state index contributed by atoms with van der Waals surface area (Å²) in [5, 5.41) is 0. The lowest BCUT2D eigenvalue weighted by molar-refractivity contribution is 0.480. The molecule has 0 aliphatic heterocycles. The van der Waals surface area contributed by atoms with Crippen molar-refractivity contribution in [1.29, 1.82) is 0 Å². The number of hydrogen-bond donors (Lipinski definition) is 2. The largest absolute Gasteiger partial charge is 0.295 e. The standard InChI is InChI=1S/C12H8Br2O6S2/c13-9-3-1-7(5-11(9)21(15,16)17)8-2-4-10(14)12(6-8)22(18,19)20/h1-6H,(H,15,16,17)(H,18,19,20). The van der Waals surface area contributed by atoms with Crippen molar-refractivity contribution in [3.63, 3.8) is 0 Å². The second-order valence-corrected chi connectivity index (χ2v) is 8.73. The van der Waals surface area contributed by atoms with E-state index >= 15 is 0 Å². The van der Waals surface area contributed by atoms with Crippen molar-refractivity contribution in [3.8, 4) is 11.1 Å². The summed E-state index contributed by atoms with van der Waals surface area (Å²) in [6, 6.07) is 8.28. The van der Waals surface area contributed by atoms with Gasteiger partial charge >= 0.3 is 0 Å². The molecule has 2 N–H and O–H groups in total. The third-order valence-corrected chi connectivity index (χ3v) is 6.45. The normalized spacial score (nSPS) is 12.4. The lowest BCUT2D eigenvalue weighted by Gasteiger charge is -2.08. The molecule has 0 unspecified atom stereocenters. The summed E-state index contributed by atoms with van der Waals surface area (Å²) < 4.78 is 63.9. The highest BCUT2D eigenvalue weighted by atomic mass is 79.9. The first-order valence-electron chi connectivity index (χ1n) is 5.54. The summed E-state index contributed by atoms with van der Waals surface area (Å²) in [5.74, 6) is 0. The monoisotopic (exact) mass is 470 g/mol. The number of halogens is 2. The van der Waals surface area contributed by atoms with Gasteiger partial charge < -0.3 is 0 Å². The number of hydrogen-bond acceptors (Lipinski definition) is 4. The number of rotatable bonds is 3. The van der Waals surface area contributed by atoms with Gasteiger partial charge in [0.2, 0.25) is 0 Å². The quantitative estimate of drug-likeness (QED) is 0.664. The second-order valence-electron chi connectivity index (χ2n) is 4.24. The van der Waals surface area contributed by atoms with E-state index in [2.05, 4.69) is 31.9 Å². The Morgan fingerprint density at radius 2 is 1.00 bits per heavy atom. The molecule has 22 heavy (non-hydrogen) atoms. The fourth-order valence-electron chi connectivity index (χ4n) is 1.76. The maximum absolute atomic E-state index is 11.3. The van der Waals surface area contributed by atoms with Gasteiger partial charge in [0.25, 0.3) is 20.2 Å². The van der Waals surface area contributed by atoms with Gasteiger partial charge in [-0.3, -0.25) is 9.11 Å². The molecule has 10 heteroatoms. The van der Waals surface area contributed by atoms with Crippen LogP contribution in [-0.2, 0) is 20.2 Å². The summed E-state index contributed by atoms with van der Waals surface area (Å²) in [6.07, 6.45) is 0. The first-order valence-corrected chi connectivity index (χ1v) is 10.0. The Labute approximate surface area is 143 Å². The van der Waals surface area contributed by atoms with E-state index in [-0.39, 0.29) is 18.7 Å². The van der Waals surface area contributed by atoms with Crippen molar-refractivity contribution in [2.75, 3.05) is 0 Å². The highest BCUT2D eigenvalue weighted by Crippen LogP contribution is 2.32. The van der Waals surface area contributed by atoms with Gasteiger partial charge in [0, 0.05) is 8.95 Å². The zero-order valence-corrected chi connectivity index (χ0v) is 15.4. The van der Waals surface area contributed by atoms with E-state index in [4.69, 9.17) is 9.11 Å². The molecule has 118 valence electrons. The van der Waals surface area contributed by atoms with Crippen LogP contribution in [0.5, 0.6) is 0 Å². The molecule has 0 aliphatic carbocycles. The highest BCUT2D eigenvalue weighted by Gasteiger charge is 2.18. The minimum atomic E-state index is -4.43. The van der Waals surface area contributed by atoms with E-state index in [1.807, 2.05) is 0 Å². The Balaban J connectivity index is 2.69. The Bertz CT molecular complexity index is 872. The van der Waals surface area contributed by atoms with Crippen molar-refractivity contribution in [3.05, 3.63) is 45.3 Å². The Kier molecular flexibility index (Phi) is 4.81. The molecule has 0 saturated carbocycles. The van der Waals surface area contributed by atoms with Gasteiger partial charge in [0.05, 0.1) is 0 Å². The van der Waals surface area contributed by atoms with Crippen molar-refractivity contribution in [2.24, 2.45) is 0 Å². The van der Waals surface area contributed by atoms with Crippen LogP contribution in [-0.4, -0.2) is 25.9 Å². The van der Waals surface area contributed by atoms with Crippen molar-refractivity contribution >= 4 is 52.1 Å². The van der Waals surface area contributed by atoms with Crippen LogP contribution in [0.4, 0.5) is 0 Å². The van der Waals surface area contributed by atoms with Gasteiger partial charge in [-0.25, -0.2) is 0 Å². The van der Waals surface area contributed by atoms with E-state index in [9.17, 15) is 16.8 Å². The summed E-state index contributed by atoms with van der Waals surface area (Å²) in [7, 11) is -8.87. The molecule has 2 aromatic rings. The molecule has 2 aromatic carbocycles. The molecule has 0 radical (unpaired) electrons. The van der Waals surface area contributed by atoms with Crippen LogP contribution in [0.25, 0.3) is 11.1 Å². The molecule has 0 bridgehead atoms. The molecular formula is C12H8Br2O6S2. The predicted octanol–water partition coefficient (Wildman–Crippen LogP) is 3.37. The first kappa shape index (κ1) is 17.6. The van der Waals surface area contributed by atoms with Gasteiger partial charge in [0.1, 0.15) is 9.79 Å². The zero-order valence-electron chi connectivity index (χ0n) is 10.6. The van der Waals surface area contributed by atoms with E-state index in [0.717, 1.165) is 0 Å². The van der Waals surface area contributed by atoms with Gasteiger partial charge in [-0.05, 0) is 67.3 Å². The molecule has 0 fully saturated rings. The predicted molar refractivity (Wildman–Crippen MR) is 86.9 cm³/mol. The fourth-order valence-corrected chi connectivity index (χ4v) is 4.66. The highest BCUT2D eigenvalue weighted by molar-refractivity contribution is 9.10. The third kappa shape index (κ3) is 3.76. The Morgan fingerprint density at radius 3 is 1.27 bits per heavy atom. The maximum atomic E-state index is 11.3. The average Bonchev–Trinajstić information content (AvgIpc) is 2.37. The van der Waals surface area contributed by atoms with Crippen LogP contribution in [0.15, 0.2) is 55.1 Å². The molecule has 6 nitrogen and oxygen atoms in total. The molecule has 2 rings (SSSR count). The lowest BCUT2D eigenvalue weighted by Crippen LogP contribution is -2.01. The van der Waals surface area contributed by atoms with Gasteiger partial charge in [0.15, 0.2) is 0 Å². The Hall–Kier alpha value is -0.780. The van der Waals surface area contributed by atoms with Crippen LogP contribution in [0.2, 0.25) is 0 Å². The smallest absolute Gasteiger partial charge is 0.282 e. The van der Waals surface area contributed by atoms with Crippen molar-refractivity contribution < 1.29 is 25.9 Å². The summed E-state index contributed by atoms with van der Waals surface area (Å²) in [4.78, 5) is -0.692. The zero-order chi connectivity index (χ0) is 16.7. The molecule has 0 amide bonds. The SMILES string of the molecule is O=S(=O)(O)c1cc(-c2ccc(Br)c(S(=O)(=O)O)c2)ccc1Br. The molecule has 0 heterocycles. The van der Waals surface area contributed by atoms with Crippen LogP contribution in [0.1, 0.15) is 0 Å². The molecule has 0 aliphatic rings. The van der Waals surface area contributed by atoms with E-state index in [1.54, 1.807) is 0 Å². The summed E-state index contributed by atoms with van der Waals surface area (Å²) in [6.45, 7) is 0. The van der Waals surface area contributed by atoms with Crippen LogP contribution in [0, 0.1) is 0 Å². The number of benzene rings is 2. The molecule has 0 spiro atoms. The maximum Gasteiger partial charge on any atom is 0.295 e. The second kappa shape index (κ2) is 6.02. The summed E-state index contributed by atoms with van der Waals surface area (Å²) in [5.41, 5.74) is 0.710. The average molecular weight is 472 g/mol. The fraction of sp³-hybridized carbons (Fsp3) is 0. The topological polar surface area (TPSA) is 109 Å². The minimum Gasteiger partial charge on any atom is -0.282 e. The van der Waals surface area contributed by atoms with Gasteiger partial charge in [-0.1, -0.05) is 12.1 Å². The van der Waals surface area contributed by atoms with Crippen LogP contribution < -0.4 is 0 Å². The summed E-state index contributed by atoms with van der Waals surface area (Å²) >= 11 is 6.03. The van der Waals surface area contributed by atoms with E-state index < -0.39 is 20.2 Å². The van der Waals surface area contributed by atoms with E-state index in [0.29, 0.717) is 11.1 Å². The molecule has 0 atom stereocenters. The van der Waals surface area contributed by atoms with Gasteiger partial charge in [-0.15, -0.1) is 0 Å². The third-order valence-electron chi connectivity index (χ3n) is 2.75. The van der Waals surface area contributed by atoms with Gasteiger partial charge in [-0.2, -0.15) is 16.8 Å². The van der Waals surface area contributed by atoms with E-state index in [1.165, 1.54) is 36.4 Å². The van der Waals surface area contributed by atoms with Crippen molar-refractivity contribution in [1.82, 2.24) is 0 Å². The minimum absolute atomic E-state index is 0.172. The molecular weight excluding hydrogens is 464 g/mol.